The van der Waals surface area contributed by atoms with Gasteiger partial charge in [-0.1, -0.05) is 6.07 Å². The quantitative estimate of drug-likeness (QED) is 0.795. The van der Waals surface area contributed by atoms with Crippen molar-refractivity contribution in [1.29, 1.82) is 0 Å². The van der Waals surface area contributed by atoms with Crippen LogP contribution in [0.4, 0.5) is 19.3 Å². The van der Waals surface area contributed by atoms with Gasteiger partial charge < -0.3 is 0 Å². The number of hydrogen-bond donors (Lipinski definition) is 1. The van der Waals surface area contributed by atoms with Gasteiger partial charge in [0.2, 0.25) is 5.91 Å². The molecule has 1 aliphatic heterocycles. The second kappa shape index (κ2) is 3.84. The zero-order chi connectivity index (χ0) is 14.7. The molecule has 1 saturated carbocycles. The van der Waals surface area contributed by atoms with Crippen molar-refractivity contribution in [2.75, 3.05) is 4.90 Å². The molecule has 3 rings (SSSR count). The minimum Gasteiger partial charge on any atom is -0.276 e. The van der Waals surface area contributed by atoms with Crippen molar-refractivity contribution in [3.05, 3.63) is 29.3 Å². The first kappa shape index (κ1) is 12.7. The number of benzene rings is 1. The molecule has 1 spiro atoms. The Bertz CT molecular complexity index is 668. The largest absolute Gasteiger partial charge is 0.335 e. The van der Waals surface area contributed by atoms with Gasteiger partial charge in [-0.15, -0.1) is 0 Å². The van der Waals surface area contributed by atoms with Crippen LogP contribution in [0.15, 0.2) is 12.1 Å². The minimum absolute atomic E-state index is 0.101. The first-order valence-corrected chi connectivity index (χ1v) is 6.03. The van der Waals surface area contributed by atoms with E-state index in [4.69, 9.17) is 0 Å². The van der Waals surface area contributed by atoms with E-state index in [1.165, 1.54) is 13.0 Å². The fraction of sp³-hybridized carbons (Fsp3) is 0.308. The number of halogens is 2. The molecule has 0 unspecified atom stereocenters. The fourth-order valence-electron chi connectivity index (χ4n) is 2.29. The van der Waals surface area contributed by atoms with E-state index in [9.17, 15) is 23.2 Å². The van der Waals surface area contributed by atoms with Crippen molar-refractivity contribution in [3.63, 3.8) is 0 Å². The molecule has 5 nitrogen and oxygen atoms in total. The predicted molar refractivity (Wildman–Crippen MR) is 63.8 cm³/mol. The van der Waals surface area contributed by atoms with E-state index in [2.05, 4.69) is 0 Å². The standard InChI is InChI=1S/C13H10F2N2O3/c1-6-2-3-7(14)9(8(6)15)17-11(19)13(4-5-13)10(18)16-12(17)20/h2-3H,4-5H2,1H3,(H,16,18,20). The van der Waals surface area contributed by atoms with Gasteiger partial charge in [0, 0.05) is 0 Å². The van der Waals surface area contributed by atoms with Crippen LogP contribution in [0, 0.1) is 24.0 Å². The Morgan fingerprint density at radius 2 is 1.85 bits per heavy atom. The Kier molecular flexibility index (Phi) is 2.44. The summed E-state index contributed by atoms with van der Waals surface area (Å²) in [5, 5.41) is 1.98. The summed E-state index contributed by atoms with van der Waals surface area (Å²) in [6, 6.07) is 1.06. The molecule has 1 aromatic carbocycles. The second-order valence-corrected chi connectivity index (χ2v) is 5.01. The number of carbonyl (C=O) groups is 3. The Labute approximate surface area is 112 Å². The minimum atomic E-state index is -1.34. The molecule has 0 radical (unpaired) electrons. The van der Waals surface area contributed by atoms with Crippen LogP contribution >= 0.6 is 0 Å². The van der Waals surface area contributed by atoms with Crippen LogP contribution < -0.4 is 10.2 Å². The summed E-state index contributed by atoms with van der Waals surface area (Å²) >= 11 is 0. The van der Waals surface area contributed by atoms with Gasteiger partial charge in [-0.3, -0.25) is 14.9 Å². The molecule has 20 heavy (non-hydrogen) atoms. The van der Waals surface area contributed by atoms with Gasteiger partial charge >= 0.3 is 6.03 Å². The number of carbonyl (C=O) groups excluding carboxylic acids is 3. The lowest BCUT2D eigenvalue weighted by Gasteiger charge is -2.30. The Hall–Kier alpha value is -2.31. The van der Waals surface area contributed by atoms with E-state index in [-0.39, 0.29) is 18.4 Å². The van der Waals surface area contributed by atoms with Gasteiger partial charge in [-0.25, -0.2) is 18.5 Å². The zero-order valence-corrected chi connectivity index (χ0v) is 10.5. The molecule has 1 saturated heterocycles. The van der Waals surface area contributed by atoms with Gasteiger partial charge in [0.05, 0.1) is 0 Å². The van der Waals surface area contributed by atoms with Crippen LogP contribution in [-0.4, -0.2) is 17.8 Å². The topological polar surface area (TPSA) is 66.5 Å². The third kappa shape index (κ3) is 1.49. The number of barbiturate groups is 1. The van der Waals surface area contributed by atoms with E-state index in [0.717, 1.165) is 6.07 Å². The number of aryl methyl sites for hydroxylation is 1. The lowest BCUT2D eigenvalue weighted by Crippen LogP contribution is -2.59. The van der Waals surface area contributed by atoms with Crippen LogP contribution in [-0.2, 0) is 9.59 Å². The predicted octanol–water partition coefficient (Wildman–Crippen LogP) is 1.64. The Morgan fingerprint density at radius 1 is 1.20 bits per heavy atom. The summed E-state index contributed by atoms with van der Waals surface area (Å²) in [5.74, 6) is -3.58. The van der Waals surface area contributed by atoms with Gasteiger partial charge in [0.1, 0.15) is 11.1 Å². The monoisotopic (exact) mass is 280 g/mol. The molecule has 1 heterocycles. The highest BCUT2D eigenvalue weighted by Crippen LogP contribution is 2.50. The maximum absolute atomic E-state index is 14.1. The van der Waals surface area contributed by atoms with E-state index in [0.29, 0.717) is 4.90 Å². The number of imide groups is 2. The molecule has 1 aromatic rings. The number of hydrogen-bond acceptors (Lipinski definition) is 3. The summed E-state index contributed by atoms with van der Waals surface area (Å²) in [4.78, 5) is 36.1. The van der Waals surface area contributed by atoms with E-state index in [1.807, 2.05) is 5.32 Å². The molecular formula is C13H10F2N2O3. The van der Waals surface area contributed by atoms with Gasteiger partial charge in [0.15, 0.2) is 11.6 Å². The molecule has 0 bridgehead atoms. The summed E-state index contributed by atoms with van der Waals surface area (Å²) in [6.07, 6.45) is 0.549. The molecule has 104 valence electrons. The molecule has 4 amide bonds. The van der Waals surface area contributed by atoms with Gasteiger partial charge in [0.25, 0.3) is 5.91 Å². The van der Waals surface area contributed by atoms with Crippen LogP contribution in [0.2, 0.25) is 0 Å². The second-order valence-electron chi connectivity index (χ2n) is 5.01. The molecule has 1 aliphatic carbocycles. The summed E-state index contributed by atoms with van der Waals surface area (Å²) in [5.41, 5.74) is -1.97. The SMILES string of the molecule is Cc1ccc(F)c(N2C(=O)NC(=O)C3(CC3)C2=O)c1F. The van der Waals surface area contributed by atoms with Gasteiger partial charge in [-0.05, 0) is 31.4 Å². The van der Waals surface area contributed by atoms with E-state index < -0.39 is 40.6 Å². The third-order valence-electron chi connectivity index (χ3n) is 3.70. The number of nitrogens with one attached hydrogen (secondary N) is 1. The lowest BCUT2D eigenvalue weighted by molar-refractivity contribution is -0.136. The number of amides is 4. The molecule has 0 aromatic heterocycles. The molecular weight excluding hydrogens is 270 g/mol. The van der Waals surface area contributed by atoms with Gasteiger partial charge in [-0.2, -0.15) is 0 Å². The maximum Gasteiger partial charge on any atom is 0.335 e. The normalized spacial score (nSPS) is 20.4. The summed E-state index contributed by atoms with van der Waals surface area (Å²) < 4.78 is 27.9. The fourth-order valence-corrected chi connectivity index (χ4v) is 2.29. The first-order valence-electron chi connectivity index (χ1n) is 6.03. The number of rotatable bonds is 1. The van der Waals surface area contributed by atoms with Crippen LogP contribution in [0.25, 0.3) is 0 Å². The van der Waals surface area contributed by atoms with E-state index in [1.54, 1.807) is 0 Å². The van der Waals surface area contributed by atoms with Crippen molar-refractivity contribution >= 4 is 23.5 Å². The van der Waals surface area contributed by atoms with Crippen LogP contribution in [0.3, 0.4) is 0 Å². The van der Waals surface area contributed by atoms with Crippen molar-refractivity contribution in [3.8, 4) is 0 Å². The van der Waals surface area contributed by atoms with Crippen molar-refractivity contribution in [2.45, 2.75) is 19.8 Å². The highest BCUT2D eigenvalue weighted by atomic mass is 19.1. The Morgan fingerprint density at radius 3 is 2.45 bits per heavy atom. The van der Waals surface area contributed by atoms with Crippen LogP contribution in [0.5, 0.6) is 0 Å². The third-order valence-corrected chi connectivity index (χ3v) is 3.70. The average molecular weight is 280 g/mol. The molecule has 7 heteroatoms. The molecule has 2 aliphatic rings. The number of urea groups is 1. The average Bonchev–Trinajstić information content (AvgIpc) is 3.18. The van der Waals surface area contributed by atoms with E-state index >= 15 is 0 Å². The van der Waals surface area contributed by atoms with Crippen molar-refractivity contribution in [1.82, 2.24) is 5.32 Å². The number of anilines is 1. The highest BCUT2D eigenvalue weighted by molar-refractivity contribution is 6.31. The smallest absolute Gasteiger partial charge is 0.276 e. The maximum atomic E-state index is 14.1. The van der Waals surface area contributed by atoms with Crippen molar-refractivity contribution in [2.24, 2.45) is 5.41 Å². The molecule has 1 N–H and O–H groups in total. The first-order chi connectivity index (χ1) is 9.38. The zero-order valence-electron chi connectivity index (χ0n) is 10.5. The number of nitrogens with zero attached hydrogens (tertiary/aromatic N) is 1. The molecule has 0 atom stereocenters. The van der Waals surface area contributed by atoms with Crippen molar-refractivity contribution < 1.29 is 23.2 Å². The Balaban J connectivity index is 2.14. The summed E-state index contributed by atoms with van der Waals surface area (Å²) in [6.45, 7) is 1.39. The lowest BCUT2D eigenvalue weighted by atomic mass is 10.0. The highest BCUT2D eigenvalue weighted by Gasteiger charge is 2.63. The molecule has 2 fully saturated rings. The van der Waals surface area contributed by atoms with Crippen LogP contribution in [0.1, 0.15) is 18.4 Å². The summed E-state index contributed by atoms with van der Waals surface area (Å²) in [7, 11) is 0.